The maximum Gasteiger partial charge on any atom is 0.138 e. The van der Waals surface area contributed by atoms with Crippen molar-refractivity contribution in [3.05, 3.63) is 29.3 Å². The molecule has 13 heavy (non-hydrogen) atoms. The van der Waals surface area contributed by atoms with Crippen molar-refractivity contribution >= 4 is 11.6 Å². The lowest BCUT2D eigenvalue weighted by Gasteiger charge is -2.06. The summed E-state index contributed by atoms with van der Waals surface area (Å²) in [5.41, 5.74) is 0. The molecule has 0 aliphatic heterocycles. The smallest absolute Gasteiger partial charge is 0.138 e. The minimum absolute atomic E-state index is 0.519. The fourth-order valence-corrected chi connectivity index (χ4v) is 1.03. The monoisotopic (exact) mass is 199 g/mol. The highest BCUT2D eigenvalue weighted by Gasteiger charge is 1.98. The largest absolute Gasteiger partial charge is 0.490 e. The zero-order chi connectivity index (χ0) is 9.52. The Bertz CT molecular complexity index is 250. The van der Waals surface area contributed by atoms with Crippen molar-refractivity contribution in [3.63, 3.8) is 0 Å². The highest BCUT2D eigenvalue weighted by atomic mass is 35.5. The van der Waals surface area contributed by atoms with E-state index in [9.17, 15) is 0 Å². The van der Waals surface area contributed by atoms with Gasteiger partial charge in [-0.05, 0) is 25.1 Å². The summed E-state index contributed by atoms with van der Waals surface area (Å²) in [5, 5.41) is 0.607. The van der Waals surface area contributed by atoms with Gasteiger partial charge in [0.15, 0.2) is 0 Å². The maximum atomic E-state index is 5.85. The molecule has 1 radical (unpaired) electrons. The molecule has 0 fully saturated rings. The molecule has 2 nitrogen and oxygen atoms in total. The zero-order valence-corrected chi connectivity index (χ0v) is 8.30. The van der Waals surface area contributed by atoms with E-state index in [-0.39, 0.29) is 0 Å². The number of rotatable bonds is 5. The molecule has 0 spiro atoms. The van der Waals surface area contributed by atoms with Crippen molar-refractivity contribution in [2.24, 2.45) is 0 Å². The molecule has 0 amide bonds. The Morgan fingerprint density at radius 1 is 1.46 bits per heavy atom. The Labute approximate surface area is 83.4 Å². The normalized spacial score (nSPS) is 10.0. The minimum Gasteiger partial charge on any atom is -0.490 e. The second-order valence-electron chi connectivity index (χ2n) is 2.40. The maximum absolute atomic E-state index is 5.85. The van der Waals surface area contributed by atoms with Gasteiger partial charge in [0, 0.05) is 6.61 Å². The Hall–Kier alpha value is -0.730. The number of hydrogen-bond donors (Lipinski definition) is 0. The number of benzene rings is 1. The van der Waals surface area contributed by atoms with E-state index in [0.717, 1.165) is 0 Å². The number of hydrogen-bond acceptors (Lipinski definition) is 2. The van der Waals surface area contributed by atoms with E-state index in [1.807, 2.05) is 6.92 Å². The van der Waals surface area contributed by atoms with Crippen LogP contribution in [0, 0.1) is 6.07 Å². The van der Waals surface area contributed by atoms with Gasteiger partial charge in [-0.2, -0.15) is 0 Å². The van der Waals surface area contributed by atoms with E-state index in [2.05, 4.69) is 6.07 Å². The molecule has 71 valence electrons. The molecule has 0 N–H and O–H groups in total. The van der Waals surface area contributed by atoms with Gasteiger partial charge in [-0.1, -0.05) is 17.7 Å². The Balaban J connectivity index is 2.32. The third-order valence-corrected chi connectivity index (χ3v) is 1.78. The van der Waals surface area contributed by atoms with Crippen molar-refractivity contribution in [1.82, 2.24) is 0 Å². The first-order chi connectivity index (χ1) is 6.34. The van der Waals surface area contributed by atoms with E-state index in [1.165, 1.54) is 0 Å². The first kappa shape index (κ1) is 10.4. The van der Waals surface area contributed by atoms with Gasteiger partial charge in [-0.25, -0.2) is 0 Å². The van der Waals surface area contributed by atoms with Crippen LogP contribution in [0.4, 0.5) is 0 Å². The molecule has 0 atom stereocenters. The SMILES string of the molecule is CCOCCOc1c[c]ccc1Cl. The molecule has 0 bridgehead atoms. The first-order valence-corrected chi connectivity index (χ1v) is 4.58. The standard InChI is InChI=1S/C10H12ClO2/c1-2-12-7-8-13-10-6-4-3-5-9(10)11/h3,5-6H,2,7-8H2,1H3. The van der Waals surface area contributed by atoms with Gasteiger partial charge in [0.2, 0.25) is 0 Å². The molecule has 0 aliphatic rings. The predicted octanol–water partition coefficient (Wildman–Crippen LogP) is 2.56. The van der Waals surface area contributed by atoms with E-state index < -0.39 is 0 Å². The summed E-state index contributed by atoms with van der Waals surface area (Å²) in [7, 11) is 0. The van der Waals surface area contributed by atoms with Crippen LogP contribution in [0.25, 0.3) is 0 Å². The fraction of sp³-hybridized carbons (Fsp3) is 0.400. The summed E-state index contributed by atoms with van der Waals surface area (Å²) in [6.07, 6.45) is 0. The third kappa shape index (κ3) is 3.66. The molecule has 0 aliphatic carbocycles. The van der Waals surface area contributed by atoms with Crippen LogP contribution in [0.3, 0.4) is 0 Å². The van der Waals surface area contributed by atoms with Crippen LogP contribution in [-0.4, -0.2) is 19.8 Å². The summed E-state index contributed by atoms with van der Waals surface area (Å²) >= 11 is 5.85. The minimum atomic E-state index is 0.519. The number of halogens is 1. The van der Waals surface area contributed by atoms with Crippen LogP contribution in [-0.2, 0) is 4.74 Å². The van der Waals surface area contributed by atoms with Crippen LogP contribution >= 0.6 is 11.6 Å². The lowest BCUT2D eigenvalue weighted by Crippen LogP contribution is -2.06. The van der Waals surface area contributed by atoms with Gasteiger partial charge in [0.05, 0.1) is 11.6 Å². The average molecular weight is 200 g/mol. The van der Waals surface area contributed by atoms with Crippen molar-refractivity contribution in [2.75, 3.05) is 19.8 Å². The summed E-state index contributed by atoms with van der Waals surface area (Å²) < 4.78 is 10.5. The zero-order valence-electron chi connectivity index (χ0n) is 7.55. The average Bonchev–Trinajstić information content (AvgIpc) is 2.15. The highest BCUT2D eigenvalue weighted by molar-refractivity contribution is 6.32. The number of ether oxygens (including phenoxy) is 2. The van der Waals surface area contributed by atoms with Crippen LogP contribution in [0.1, 0.15) is 6.92 Å². The van der Waals surface area contributed by atoms with E-state index in [0.29, 0.717) is 30.6 Å². The van der Waals surface area contributed by atoms with Crippen LogP contribution in [0.2, 0.25) is 5.02 Å². The molecule has 0 aromatic heterocycles. The molecule has 3 heteroatoms. The molecule has 1 aromatic carbocycles. The predicted molar refractivity (Wildman–Crippen MR) is 52.3 cm³/mol. The molecular weight excluding hydrogens is 188 g/mol. The summed E-state index contributed by atoms with van der Waals surface area (Å²) in [6.45, 7) is 3.76. The second kappa shape index (κ2) is 5.84. The first-order valence-electron chi connectivity index (χ1n) is 4.20. The lowest BCUT2D eigenvalue weighted by molar-refractivity contribution is 0.110. The van der Waals surface area contributed by atoms with Crippen molar-refractivity contribution in [1.29, 1.82) is 0 Å². The van der Waals surface area contributed by atoms with Crippen molar-refractivity contribution in [2.45, 2.75) is 6.92 Å². The van der Waals surface area contributed by atoms with Crippen LogP contribution in [0.5, 0.6) is 5.75 Å². The Kier molecular flexibility index (Phi) is 4.65. The van der Waals surface area contributed by atoms with E-state index in [4.69, 9.17) is 21.1 Å². The molecule has 0 unspecified atom stereocenters. The van der Waals surface area contributed by atoms with Gasteiger partial charge in [0.1, 0.15) is 12.4 Å². The molecule has 0 heterocycles. The second-order valence-corrected chi connectivity index (χ2v) is 2.81. The Morgan fingerprint density at radius 3 is 3.00 bits per heavy atom. The highest BCUT2D eigenvalue weighted by Crippen LogP contribution is 2.22. The van der Waals surface area contributed by atoms with Crippen LogP contribution in [0.15, 0.2) is 18.2 Å². The van der Waals surface area contributed by atoms with Gasteiger partial charge in [0.25, 0.3) is 0 Å². The molecule has 1 aromatic rings. The Morgan fingerprint density at radius 2 is 2.31 bits per heavy atom. The topological polar surface area (TPSA) is 18.5 Å². The molecular formula is C10H12ClO2. The van der Waals surface area contributed by atoms with Crippen molar-refractivity contribution < 1.29 is 9.47 Å². The third-order valence-electron chi connectivity index (χ3n) is 1.47. The summed E-state index contributed by atoms with van der Waals surface area (Å²) in [5.74, 6) is 0.656. The lowest BCUT2D eigenvalue weighted by atomic mass is 10.3. The molecule has 0 saturated heterocycles. The molecule has 0 saturated carbocycles. The summed E-state index contributed by atoms with van der Waals surface area (Å²) in [6, 6.07) is 8.10. The van der Waals surface area contributed by atoms with Gasteiger partial charge in [-0.3, -0.25) is 0 Å². The van der Waals surface area contributed by atoms with E-state index in [1.54, 1.807) is 18.2 Å². The van der Waals surface area contributed by atoms with Gasteiger partial charge in [-0.15, -0.1) is 0 Å². The quantitative estimate of drug-likeness (QED) is 0.679. The fourth-order valence-electron chi connectivity index (χ4n) is 0.862. The van der Waals surface area contributed by atoms with Gasteiger partial charge < -0.3 is 9.47 Å². The van der Waals surface area contributed by atoms with E-state index >= 15 is 0 Å². The van der Waals surface area contributed by atoms with Crippen LogP contribution < -0.4 is 4.74 Å². The summed E-state index contributed by atoms with van der Waals surface area (Å²) in [4.78, 5) is 0. The molecule has 1 rings (SSSR count). The van der Waals surface area contributed by atoms with Gasteiger partial charge >= 0.3 is 0 Å². The van der Waals surface area contributed by atoms with Crippen molar-refractivity contribution in [3.8, 4) is 5.75 Å².